The van der Waals surface area contributed by atoms with Crippen LogP contribution in [0.1, 0.15) is 5.56 Å². The number of nitrogen functional groups attached to an aromatic ring is 1. The number of carboxylic acids is 2. The van der Waals surface area contributed by atoms with Gasteiger partial charge in [0, 0.05) is 6.20 Å². The van der Waals surface area contributed by atoms with E-state index in [4.69, 9.17) is 25.5 Å². The van der Waals surface area contributed by atoms with E-state index >= 15 is 0 Å². The standard InChI is InChI=1S/C11H10BrN5.2C2HF3O2/c1-5-4-7(15-10(5)12)8-9-6(2-3-14-8)16-11(13)17-9;2*3-2(4,5)1(6)7/h2-4,15H,1H3,(H3,13,16,17);2*(H,6,7). The first-order chi connectivity index (χ1) is 14.0. The maximum Gasteiger partial charge on any atom is 0.490 e. The van der Waals surface area contributed by atoms with Crippen molar-refractivity contribution >= 4 is 44.9 Å². The van der Waals surface area contributed by atoms with Gasteiger partial charge >= 0.3 is 24.3 Å². The molecule has 0 fully saturated rings. The van der Waals surface area contributed by atoms with Gasteiger partial charge in [-0.3, -0.25) is 4.98 Å². The summed E-state index contributed by atoms with van der Waals surface area (Å²) in [5.41, 5.74) is 10.2. The van der Waals surface area contributed by atoms with Crippen molar-refractivity contribution in [2.75, 3.05) is 5.73 Å². The highest BCUT2D eigenvalue weighted by molar-refractivity contribution is 9.10. The molecule has 6 N–H and O–H groups in total. The summed E-state index contributed by atoms with van der Waals surface area (Å²) < 4.78 is 64.4. The first-order valence-electron chi connectivity index (χ1n) is 7.60. The quantitative estimate of drug-likeness (QED) is 0.305. The van der Waals surface area contributed by atoms with E-state index in [2.05, 4.69) is 35.9 Å². The number of nitrogens with zero attached hydrogens (tertiary/aromatic N) is 2. The molecule has 3 aromatic rings. The summed E-state index contributed by atoms with van der Waals surface area (Å²) in [6.07, 6.45) is -8.43. The molecule has 0 unspecified atom stereocenters. The van der Waals surface area contributed by atoms with Gasteiger partial charge in [0.1, 0.15) is 11.2 Å². The summed E-state index contributed by atoms with van der Waals surface area (Å²) in [5, 5.41) is 14.2. The fourth-order valence-corrected chi connectivity index (χ4v) is 2.14. The molecule has 0 amide bonds. The molecule has 0 aliphatic rings. The van der Waals surface area contributed by atoms with Crippen molar-refractivity contribution in [2.24, 2.45) is 0 Å². The molecule has 0 aromatic carbocycles. The number of rotatable bonds is 1. The van der Waals surface area contributed by atoms with Crippen LogP contribution in [-0.4, -0.2) is 54.4 Å². The molecule has 31 heavy (non-hydrogen) atoms. The zero-order valence-electron chi connectivity index (χ0n) is 15.1. The third-order valence-electron chi connectivity index (χ3n) is 3.11. The zero-order valence-corrected chi connectivity index (χ0v) is 16.6. The summed E-state index contributed by atoms with van der Waals surface area (Å²) in [6.45, 7) is 2.02. The highest BCUT2D eigenvalue weighted by atomic mass is 79.9. The lowest BCUT2D eigenvalue weighted by Crippen LogP contribution is -2.21. The molecule has 0 radical (unpaired) electrons. The van der Waals surface area contributed by atoms with Crippen molar-refractivity contribution < 1.29 is 46.1 Å². The number of hydrogen-bond donors (Lipinski definition) is 5. The zero-order chi connectivity index (χ0) is 24.1. The second kappa shape index (κ2) is 9.67. The number of hydrogen-bond acceptors (Lipinski definition) is 5. The number of aliphatic carboxylic acids is 2. The van der Waals surface area contributed by atoms with E-state index in [0.717, 1.165) is 32.6 Å². The van der Waals surface area contributed by atoms with Crippen molar-refractivity contribution in [2.45, 2.75) is 19.3 Å². The Hall–Kier alpha value is -3.30. The number of aromatic amines is 2. The van der Waals surface area contributed by atoms with Crippen molar-refractivity contribution in [1.82, 2.24) is 19.9 Å². The predicted molar refractivity (Wildman–Crippen MR) is 97.9 cm³/mol. The van der Waals surface area contributed by atoms with Crippen LogP contribution in [0.25, 0.3) is 22.4 Å². The van der Waals surface area contributed by atoms with Gasteiger partial charge in [0.05, 0.1) is 15.8 Å². The van der Waals surface area contributed by atoms with Crippen LogP contribution in [0.4, 0.5) is 32.3 Å². The van der Waals surface area contributed by atoms with Gasteiger partial charge in [-0.25, -0.2) is 14.6 Å². The van der Waals surface area contributed by atoms with Gasteiger partial charge in [-0.05, 0) is 40.5 Å². The van der Waals surface area contributed by atoms with Crippen molar-refractivity contribution in [3.63, 3.8) is 0 Å². The highest BCUT2D eigenvalue weighted by Gasteiger charge is 2.38. The minimum Gasteiger partial charge on any atom is -0.475 e. The first kappa shape index (κ1) is 25.7. The second-order valence-electron chi connectivity index (χ2n) is 5.46. The number of anilines is 1. The van der Waals surface area contributed by atoms with Crippen LogP contribution in [0, 0.1) is 6.92 Å². The average molecular weight is 520 g/mol. The Kier molecular flexibility index (Phi) is 8.03. The van der Waals surface area contributed by atoms with Crippen LogP contribution in [0.5, 0.6) is 0 Å². The lowest BCUT2D eigenvalue weighted by atomic mass is 10.2. The van der Waals surface area contributed by atoms with E-state index in [0.29, 0.717) is 5.95 Å². The largest absolute Gasteiger partial charge is 0.490 e. The van der Waals surface area contributed by atoms with Gasteiger partial charge in [-0.1, -0.05) is 0 Å². The smallest absolute Gasteiger partial charge is 0.475 e. The van der Waals surface area contributed by atoms with Crippen molar-refractivity contribution in [3.8, 4) is 11.4 Å². The van der Waals surface area contributed by atoms with Crippen LogP contribution in [0.15, 0.2) is 22.9 Å². The Morgan fingerprint density at radius 2 is 1.55 bits per heavy atom. The number of carboxylic acid groups (broad SMARTS) is 2. The molecule has 0 spiro atoms. The summed E-state index contributed by atoms with van der Waals surface area (Å²) >= 11 is 3.45. The Bertz CT molecular complexity index is 1030. The monoisotopic (exact) mass is 519 g/mol. The third-order valence-corrected chi connectivity index (χ3v) is 3.93. The van der Waals surface area contributed by atoms with Crippen LogP contribution in [0.3, 0.4) is 0 Å². The molecule has 3 heterocycles. The number of aromatic nitrogens is 4. The molecule has 0 saturated carbocycles. The summed E-state index contributed by atoms with van der Waals surface area (Å²) in [5.74, 6) is -5.11. The molecule has 0 aliphatic carbocycles. The van der Waals surface area contributed by atoms with E-state index in [9.17, 15) is 26.3 Å². The first-order valence-corrected chi connectivity index (χ1v) is 8.39. The number of carbonyl (C=O) groups is 2. The molecule has 9 nitrogen and oxygen atoms in total. The minimum absolute atomic E-state index is 0.400. The molecule has 16 heteroatoms. The molecule has 170 valence electrons. The topological polar surface area (TPSA) is 158 Å². The molecule has 0 atom stereocenters. The predicted octanol–water partition coefficient (Wildman–Crippen LogP) is 3.87. The normalized spacial score (nSPS) is 11.2. The number of fused-ring (bicyclic) bond motifs is 1. The Morgan fingerprint density at radius 3 is 1.94 bits per heavy atom. The number of nitrogens with two attached hydrogens (primary N) is 1. The lowest BCUT2D eigenvalue weighted by Gasteiger charge is -1.97. The SMILES string of the molecule is Cc1cc(-c2nccc3[nH]c(N)nc23)[nH]c1Br.O=C(O)C(F)(F)F.O=C(O)C(F)(F)F. The number of alkyl halides is 6. The van der Waals surface area contributed by atoms with Crippen LogP contribution >= 0.6 is 15.9 Å². The van der Waals surface area contributed by atoms with Gasteiger partial charge in [0.15, 0.2) is 5.95 Å². The summed E-state index contributed by atoms with van der Waals surface area (Å²) in [4.78, 5) is 32.6. The molecule has 0 aliphatic heterocycles. The Morgan fingerprint density at radius 1 is 1.06 bits per heavy atom. The van der Waals surface area contributed by atoms with Crippen LogP contribution in [0.2, 0.25) is 0 Å². The van der Waals surface area contributed by atoms with E-state index in [1.165, 1.54) is 0 Å². The number of aryl methyl sites for hydroxylation is 1. The lowest BCUT2D eigenvalue weighted by molar-refractivity contribution is -0.193. The third kappa shape index (κ3) is 7.47. The number of halogens is 7. The highest BCUT2D eigenvalue weighted by Crippen LogP contribution is 2.28. The maximum absolute atomic E-state index is 10.6. The number of nitrogens with one attached hydrogen (secondary N) is 2. The van der Waals surface area contributed by atoms with Crippen molar-refractivity contribution in [1.29, 1.82) is 0 Å². The van der Waals surface area contributed by atoms with Gasteiger partial charge in [-0.2, -0.15) is 26.3 Å². The van der Waals surface area contributed by atoms with E-state index in [1.54, 1.807) is 6.20 Å². The molecular formula is C15H12BrF6N5O4. The summed E-state index contributed by atoms with van der Waals surface area (Å²) in [6, 6.07) is 3.88. The Labute approximate surface area is 176 Å². The van der Waals surface area contributed by atoms with E-state index in [1.807, 2.05) is 19.1 Å². The van der Waals surface area contributed by atoms with Gasteiger partial charge in [0.25, 0.3) is 0 Å². The molecule has 0 bridgehead atoms. The summed E-state index contributed by atoms with van der Waals surface area (Å²) in [7, 11) is 0. The molecular weight excluding hydrogens is 508 g/mol. The van der Waals surface area contributed by atoms with Gasteiger partial charge in [0.2, 0.25) is 0 Å². The minimum atomic E-state index is -5.08. The van der Waals surface area contributed by atoms with E-state index < -0.39 is 24.3 Å². The van der Waals surface area contributed by atoms with Crippen LogP contribution < -0.4 is 5.73 Å². The van der Waals surface area contributed by atoms with Crippen LogP contribution in [-0.2, 0) is 9.59 Å². The molecule has 0 saturated heterocycles. The number of imidazole rings is 1. The van der Waals surface area contributed by atoms with Gasteiger partial charge in [-0.15, -0.1) is 0 Å². The fourth-order valence-electron chi connectivity index (χ4n) is 1.81. The number of H-pyrrole nitrogens is 2. The molecule has 3 rings (SSSR count). The second-order valence-corrected chi connectivity index (χ2v) is 6.26. The fraction of sp³-hybridized carbons (Fsp3) is 0.200. The maximum atomic E-state index is 10.6. The van der Waals surface area contributed by atoms with Gasteiger partial charge < -0.3 is 25.9 Å². The number of pyridine rings is 1. The average Bonchev–Trinajstić information content (AvgIpc) is 3.15. The van der Waals surface area contributed by atoms with E-state index in [-0.39, 0.29) is 0 Å². The van der Waals surface area contributed by atoms with Crippen molar-refractivity contribution in [3.05, 3.63) is 28.5 Å². The molecule has 3 aromatic heterocycles. The Balaban J connectivity index is 0.000000288.